The highest BCUT2D eigenvalue weighted by molar-refractivity contribution is 9.10. The SMILES string of the molecule is O=C(O)[C@@H]1CC(=O)N(c2cccc(Br)c2)C1. The van der Waals surface area contributed by atoms with E-state index in [1.165, 1.54) is 4.90 Å². The summed E-state index contributed by atoms with van der Waals surface area (Å²) in [7, 11) is 0. The Morgan fingerprint density at radius 2 is 2.25 bits per heavy atom. The van der Waals surface area contributed by atoms with Crippen molar-refractivity contribution in [2.75, 3.05) is 11.4 Å². The Kier molecular flexibility index (Phi) is 2.96. The lowest BCUT2D eigenvalue weighted by atomic mass is 10.1. The summed E-state index contributed by atoms with van der Waals surface area (Å²) in [4.78, 5) is 24.0. The van der Waals surface area contributed by atoms with Gasteiger partial charge in [-0.25, -0.2) is 0 Å². The van der Waals surface area contributed by atoms with E-state index >= 15 is 0 Å². The fourth-order valence-electron chi connectivity index (χ4n) is 1.77. The Labute approximate surface area is 101 Å². The molecule has 1 aliphatic rings. The summed E-state index contributed by atoms with van der Waals surface area (Å²) in [5.41, 5.74) is 0.739. The van der Waals surface area contributed by atoms with Crippen LogP contribution in [0.3, 0.4) is 0 Å². The van der Waals surface area contributed by atoms with Crippen LogP contribution < -0.4 is 4.90 Å². The molecule has 0 unspecified atom stereocenters. The smallest absolute Gasteiger partial charge is 0.308 e. The fourth-order valence-corrected chi connectivity index (χ4v) is 2.15. The van der Waals surface area contributed by atoms with Crippen LogP contribution in [0.25, 0.3) is 0 Å². The number of anilines is 1. The molecule has 0 saturated carbocycles. The highest BCUT2D eigenvalue weighted by Crippen LogP contribution is 2.27. The third-order valence-electron chi connectivity index (χ3n) is 2.59. The average Bonchev–Trinajstić information content (AvgIpc) is 2.60. The Balaban J connectivity index is 2.23. The van der Waals surface area contributed by atoms with Crippen molar-refractivity contribution < 1.29 is 14.7 Å². The number of carbonyl (C=O) groups excluding carboxylic acids is 1. The van der Waals surface area contributed by atoms with Crippen LogP contribution in [0.1, 0.15) is 6.42 Å². The van der Waals surface area contributed by atoms with E-state index in [-0.39, 0.29) is 18.9 Å². The van der Waals surface area contributed by atoms with Crippen molar-refractivity contribution in [3.05, 3.63) is 28.7 Å². The molecule has 0 aliphatic carbocycles. The second-order valence-corrected chi connectivity index (χ2v) is 4.64. The first-order valence-corrected chi connectivity index (χ1v) is 5.66. The third-order valence-corrected chi connectivity index (χ3v) is 3.09. The molecule has 0 radical (unpaired) electrons. The molecule has 1 fully saturated rings. The molecule has 1 atom stereocenters. The molecule has 0 aromatic heterocycles. The van der Waals surface area contributed by atoms with Crippen molar-refractivity contribution in [3.63, 3.8) is 0 Å². The Hall–Kier alpha value is -1.36. The van der Waals surface area contributed by atoms with Gasteiger partial charge in [0.25, 0.3) is 0 Å². The van der Waals surface area contributed by atoms with E-state index in [4.69, 9.17) is 5.11 Å². The molecule has 1 amide bonds. The van der Waals surface area contributed by atoms with Gasteiger partial charge >= 0.3 is 5.97 Å². The van der Waals surface area contributed by atoms with Crippen molar-refractivity contribution >= 4 is 33.5 Å². The zero-order valence-corrected chi connectivity index (χ0v) is 9.98. The van der Waals surface area contributed by atoms with Crippen LogP contribution in [0, 0.1) is 5.92 Å². The fraction of sp³-hybridized carbons (Fsp3) is 0.273. The van der Waals surface area contributed by atoms with Crippen LogP contribution in [-0.4, -0.2) is 23.5 Å². The predicted molar refractivity (Wildman–Crippen MR) is 62.2 cm³/mol. The van der Waals surface area contributed by atoms with Crippen LogP contribution in [0.15, 0.2) is 28.7 Å². The van der Waals surface area contributed by atoms with Gasteiger partial charge in [-0.1, -0.05) is 22.0 Å². The third kappa shape index (κ3) is 2.09. The first kappa shape index (κ1) is 11.1. The number of rotatable bonds is 2. The number of halogens is 1. The molecule has 4 nitrogen and oxygen atoms in total. The van der Waals surface area contributed by atoms with Gasteiger partial charge in [0.05, 0.1) is 5.92 Å². The minimum absolute atomic E-state index is 0.0852. The van der Waals surface area contributed by atoms with Crippen molar-refractivity contribution in [2.24, 2.45) is 5.92 Å². The molecule has 84 valence electrons. The highest BCUT2D eigenvalue weighted by atomic mass is 79.9. The van der Waals surface area contributed by atoms with Crippen LogP contribution in [-0.2, 0) is 9.59 Å². The molecular formula is C11H10BrNO3. The predicted octanol–water partition coefficient (Wildman–Crippen LogP) is 1.89. The monoisotopic (exact) mass is 283 g/mol. The summed E-state index contributed by atoms with van der Waals surface area (Å²) in [5, 5.41) is 8.86. The Morgan fingerprint density at radius 3 is 2.81 bits per heavy atom. The molecule has 1 aliphatic heterocycles. The number of benzene rings is 1. The van der Waals surface area contributed by atoms with E-state index in [1.807, 2.05) is 18.2 Å². The van der Waals surface area contributed by atoms with Gasteiger partial charge in [-0.05, 0) is 18.2 Å². The molecule has 16 heavy (non-hydrogen) atoms. The zero-order chi connectivity index (χ0) is 11.7. The van der Waals surface area contributed by atoms with Gasteiger partial charge in [0.15, 0.2) is 0 Å². The summed E-state index contributed by atoms with van der Waals surface area (Å²) in [5.74, 6) is -1.64. The van der Waals surface area contributed by atoms with Crippen molar-refractivity contribution in [1.82, 2.24) is 0 Å². The second-order valence-electron chi connectivity index (χ2n) is 3.72. The molecule has 5 heteroatoms. The molecule has 1 aromatic rings. The highest BCUT2D eigenvalue weighted by Gasteiger charge is 2.34. The van der Waals surface area contributed by atoms with E-state index < -0.39 is 11.9 Å². The molecule has 0 bridgehead atoms. The van der Waals surface area contributed by atoms with Crippen LogP contribution in [0.5, 0.6) is 0 Å². The van der Waals surface area contributed by atoms with Gasteiger partial charge in [0, 0.05) is 23.1 Å². The van der Waals surface area contributed by atoms with Crippen molar-refractivity contribution in [3.8, 4) is 0 Å². The molecular weight excluding hydrogens is 274 g/mol. The summed E-state index contributed by atoms with van der Waals surface area (Å²) in [6, 6.07) is 7.29. The molecule has 2 rings (SSSR count). The molecule has 0 spiro atoms. The van der Waals surface area contributed by atoms with Crippen LogP contribution in [0.2, 0.25) is 0 Å². The number of aliphatic carboxylic acids is 1. The van der Waals surface area contributed by atoms with Gasteiger partial charge in [-0.15, -0.1) is 0 Å². The van der Waals surface area contributed by atoms with E-state index in [1.54, 1.807) is 6.07 Å². The molecule has 1 aromatic carbocycles. The Bertz CT molecular complexity index is 447. The minimum atomic E-state index is -0.911. The summed E-state index contributed by atoms with van der Waals surface area (Å²) < 4.78 is 0.872. The number of nitrogens with zero attached hydrogens (tertiary/aromatic N) is 1. The second kappa shape index (κ2) is 4.25. The molecule has 1 heterocycles. The van der Waals surface area contributed by atoms with Crippen molar-refractivity contribution in [2.45, 2.75) is 6.42 Å². The maximum absolute atomic E-state index is 11.6. The summed E-state index contributed by atoms with van der Waals surface area (Å²) in [6.07, 6.45) is 0.0852. The lowest BCUT2D eigenvalue weighted by Crippen LogP contribution is -2.25. The Morgan fingerprint density at radius 1 is 1.50 bits per heavy atom. The maximum atomic E-state index is 11.6. The number of carbonyl (C=O) groups is 2. The average molecular weight is 284 g/mol. The van der Waals surface area contributed by atoms with Crippen LogP contribution >= 0.6 is 15.9 Å². The van der Waals surface area contributed by atoms with E-state index in [9.17, 15) is 9.59 Å². The minimum Gasteiger partial charge on any atom is -0.481 e. The number of hydrogen-bond donors (Lipinski definition) is 1. The molecule has 1 N–H and O–H groups in total. The lowest BCUT2D eigenvalue weighted by molar-refractivity contribution is -0.141. The number of hydrogen-bond acceptors (Lipinski definition) is 2. The normalized spacial score (nSPS) is 20.2. The number of carboxylic acids is 1. The van der Waals surface area contributed by atoms with E-state index in [0.717, 1.165) is 10.2 Å². The van der Waals surface area contributed by atoms with Gasteiger partial charge in [0.1, 0.15) is 0 Å². The van der Waals surface area contributed by atoms with Gasteiger partial charge in [-0.2, -0.15) is 0 Å². The van der Waals surface area contributed by atoms with Gasteiger partial charge < -0.3 is 10.0 Å². The summed E-state index contributed by atoms with van der Waals surface area (Å²) >= 11 is 3.32. The van der Waals surface area contributed by atoms with Crippen molar-refractivity contribution in [1.29, 1.82) is 0 Å². The van der Waals surface area contributed by atoms with Crippen LogP contribution in [0.4, 0.5) is 5.69 Å². The number of amides is 1. The topological polar surface area (TPSA) is 57.6 Å². The van der Waals surface area contributed by atoms with E-state index in [0.29, 0.717) is 0 Å². The standard InChI is InChI=1S/C11H10BrNO3/c12-8-2-1-3-9(5-8)13-6-7(11(15)16)4-10(13)14/h1-3,5,7H,4,6H2,(H,15,16)/t7-/m1/s1. The van der Waals surface area contributed by atoms with Gasteiger partial charge in [0.2, 0.25) is 5.91 Å². The quantitative estimate of drug-likeness (QED) is 0.902. The van der Waals surface area contributed by atoms with E-state index in [2.05, 4.69) is 15.9 Å². The number of carboxylic acid groups (broad SMARTS) is 1. The largest absolute Gasteiger partial charge is 0.481 e. The maximum Gasteiger partial charge on any atom is 0.308 e. The lowest BCUT2D eigenvalue weighted by Gasteiger charge is -2.16. The van der Waals surface area contributed by atoms with Gasteiger partial charge in [-0.3, -0.25) is 9.59 Å². The first-order valence-electron chi connectivity index (χ1n) is 4.86. The zero-order valence-electron chi connectivity index (χ0n) is 8.39. The molecule has 1 saturated heterocycles. The first-order chi connectivity index (χ1) is 7.58. The summed E-state index contributed by atoms with van der Waals surface area (Å²) in [6.45, 7) is 0.255.